The van der Waals surface area contributed by atoms with Crippen LogP contribution < -0.4 is 10.6 Å². The number of rotatable bonds is 7. The molecule has 1 aliphatic heterocycles. The van der Waals surface area contributed by atoms with Crippen LogP contribution in [0.15, 0.2) is 36.7 Å². The predicted octanol–water partition coefficient (Wildman–Crippen LogP) is 1.05. The highest BCUT2D eigenvalue weighted by molar-refractivity contribution is 6.37. The largest absolute Gasteiger partial charge is 0.445 e. The number of benzene rings is 1. The maximum Gasteiger partial charge on any atom is 0.408 e. The molecule has 1 aromatic carbocycles. The fourth-order valence-corrected chi connectivity index (χ4v) is 3.45. The molecule has 0 saturated heterocycles. The molecule has 3 rings (SSSR count). The Morgan fingerprint density at radius 1 is 1.25 bits per heavy atom. The highest BCUT2D eigenvalue weighted by Crippen LogP contribution is 2.17. The van der Waals surface area contributed by atoms with E-state index in [1.165, 1.54) is 6.33 Å². The van der Waals surface area contributed by atoms with Gasteiger partial charge in [0.1, 0.15) is 12.9 Å². The lowest BCUT2D eigenvalue weighted by atomic mass is 9.88. The molecule has 0 radical (unpaired) electrons. The Kier molecular flexibility index (Phi) is 7.69. The third-order valence-electron chi connectivity index (χ3n) is 5.18. The van der Waals surface area contributed by atoms with E-state index in [2.05, 4.69) is 20.7 Å². The van der Waals surface area contributed by atoms with Crippen LogP contribution in [0.5, 0.6) is 0 Å². The van der Waals surface area contributed by atoms with Gasteiger partial charge >= 0.3 is 6.09 Å². The van der Waals surface area contributed by atoms with Gasteiger partial charge in [-0.25, -0.2) is 9.78 Å². The zero-order valence-electron chi connectivity index (χ0n) is 18.1. The summed E-state index contributed by atoms with van der Waals surface area (Å²) in [5, 5.41) is 9.41. The number of nitrogens with one attached hydrogen (secondary N) is 2. The van der Waals surface area contributed by atoms with E-state index in [-0.39, 0.29) is 37.7 Å². The monoisotopic (exact) mass is 441 g/mol. The third-order valence-corrected chi connectivity index (χ3v) is 5.18. The number of alkyl carbamates (subject to hydrolysis) is 1. The summed E-state index contributed by atoms with van der Waals surface area (Å²) >= 11 is 0. The molecule has 10 nitrogen and oxygen atoms in total. The van der Waals surface area contributed by atoms with Gasteiger partial charge < -0.3 is 15.4 Å². The van der Waals surface area contributed by atoms with Gasteiger partial charge in [0, 0.05) is 25.3 Å². The van der Waals surface area contributed by atoms with Crippen LogP contribution in [0.25, 0.3) is 0 Å². The number of ether oxygens (including phenoxy) is 1. The first-order valence-electron chi connectivity index (χ1n) is 10.5. The van der Waals surface area contributed by atoms with Gasteiger partial charge in [0.05, 0.1) is 12.6 Å². The average molecular weight is 441 g/mol. The molecule has 0 aliphatic carbocycles. The average Bonchev–Trinajstić information content (AvgIpc) is 3.21. The molecular weight excluding hydrogens is 414 g/mol. The molecule has 0 saturated carbocycles. The van der Waals surface area contributed by atoms with Crippen molar-refractivity contribution in [2.24, 2.45) is 11.8 Å². The van der Waals surface area contributed by atoms with Crippen molar-refractivity contribution in [2.75, 3.05) is 6.54 Å². The van der Waals surface area contributed by atoms with E-state index in [1.54, 1.807) is 18.5 Å². The van der Waals surface area contributed by atoms with Crippen LogP contribution in [0.3, 0.4) is 0 Å². The molecule has 1 aliphatic rings. The third kappa shape index (κ3) is 6.22. The first-order chi connectivity index (χ1) is 15.3. The summed E-state index contributed by atoms with van der Waals surface area (Å²) in [5.74, 6) is -2.55. The lowest BCUT2D eigenvalue weighted by Crippen LogP contribution is -2.46. The SMILES string of the molecule is CC(C)C(NC(=O)OCc1ccccc1)C(=O)CC1Cc2ncn(n2)CCNC(=O)C1=O. The number of aromatic nitrogens is 3. The number of carbonyl (C=O) groups is 4. The molecule has 1 aromatic heterocycles. The van der Waals surface area contributed by atoms with E-state index in [1.807, 2.05) is 30.3 Å². The van der Waals surface area contributed by atoms with Crippen LogP contribution in [0, 0.1) is 11.8 Å². The summed E-state index contributed by atoms with van der Waals surface area (Å²) in [4.78, 5) is 54.3. The second kappa shape index (κ2) is 10.7. The van der Waals surface area contributed by atoms with E-state index < -0.39 is 29.7 Å². The molecule has 2 heterocycles. The number of fused-ring (bicyclic) bond motifs is 2. The predicted molar refractivity (Wildman–Crippen MR) is 113 cm³/mol. The maximum absolute atomic E-state index is 13.0. The summed E-state index contributed by atoms with van der Waals surface area (Å²) in [5.41, 5.74) is 0.820. The van der Waals surface area contributed by atoms with E-state index in [0.717, 1.165) is 5.56 Å². The summed E-state index contributed by atoms with van der Waals surface area (Å²) in [7, 11) is 0. The molecule has 32 heavy (non-hydrogen) atoms. The minimum Gasteiger partial charge on any atom is -0.445 e. The number of carbonyl (C=O) groups excluding carboxylic acids is 4. The van der Waals surface area contributed by atoms with Crippen molar-refractivity contribution < 1.29 is 23.9 Å². The van der Waals surface area contributed by atoms with E-state index in [0.29, 0.717) is 12.4 Å². The zero-order valence-corrected chi connectivity index (χ0v) is 18.1. The van der Waals surface area contributed by atoms with Gasteiger partial charge in [0.15, 0.2) is 11.6 Å². The number of nitrogens with zero attached hydrogens (tertiary/aromatic N) is 3. The highest BCUT2D eigenvalue weighted by Gasteiger charge is 2.33. The Labute approximate surface area is 185 Å². The van der Waals surface area contributed by atoms with Crippen LogP contribution in [0.1, 0.15) is 31.7 Å². The number of hydrogen-bond donors (Lipinski definition) is 2. The van der Waals surface area contributed by atoms with Crippen molar-refractivity contribution in [1.29, 1.82) is 0 Å². The molecule has 10 heteroatoms. The van der Waals surface area contributed by atoms with Crippen LogP contribution in [-0.2, 0) is 38.7 Å². The molecule has 2 amide bonds. The molecule has 2 bridgehead atoms. The Morgan fingerprint density at radius 3 is 2.72 bits per heavy atom. The Balaban J connectivity index is 1.65. The standard InChI is InChI=1S/C22H27N5O5/c1-14(2)19(25-22(31)32-12-15-6-4-3-5-7-15)17(28)10-16-11-18-24-13-27(26-18)9-8-23-21(30)20(16)29/h3-7,13-14,16,19H,8-12H2,1-2H3,(H,23,30)(H,25,31). The first-order valence-corrected chi connectivity index (χ1v) is 10.5. The lowest BCUT2D eigenvalue weighted by molar-refractivity contribution is -0.141. The Hall–Kier alpha value is -3.56. The van der Waals surface area contributed by atoms with Crippen molar-refractivity contribution >= 4 is 23.6 Å². The van der Waals surface area contributed by atoms with Crippen molar-refractivity contribution in [3.8, 4) is 0 Å². The van der Waals surface area contributed by atoms with Crippen molar-refractivity contribution in [1.82, 2.24) is 25.4 Å². The number of ketones is 2. The fourth-order valence-electron chi connectivity index (χ4n) is 3.45. The van der Waals surface area contributed by atoms with Gasteiger partial charge in [-0.1, -0.05) is 44.2 Å². The van der Waals surface area contributed by atoms with E-state index in [4.69, 9.17) is 4.74 Å². The first kappa shape index (κ1) is 23.1. The second-order valence-corrected chi connectivity index (χ2v) is 8.04. The topological polar surface area (TPSA) is 132 Å². The fraction of sp³-hybridized carbons (Fsp3) is 0.455. The molecule has 2 unspecified atom stereocenters. The summed E-state index contributed by atoms with van der Waals surface area (Å²) < 4.78 is 6.79. The molecule has 2 atom stereocenters. The summed E-state index contributed by atoms with van der Waals surface area (Å²) in [6.07, 6.45) is 0.644. The van der Waals surface area contributed by atoms with Crippen molar-refractivity contribution in [3.63, 3.8) is 0 Å². The van der Waals surface area contributed by atoms with Gasteiger partial charge in [-0.2, -0.15) is 5.10 Å². The summed E-state index contributed by atoms with van der Waals surface area (Å²) in [6.45, 7) is 4.27. The lowest BCUT2D eigenvalue weighted by Gasteiger charge is -2.23. The van der Waals surface area contributed by atoms with Crippen molar-refractivity contribution in [3.05, 3.63) is 48.0 Å². The second-order valence-electron chi connectivity index (χ2n) is 8.04. The molecular formula is C22H27N5O5. The molecule has 170 valence electrons. The van der Waals surface area contributed by atoms with Crippen LogP contribution in [-0.4, -0.2) is 50.9 Å². The zero-order chi connectivity index (χ0) is 23.1. The quantitative estimate of drug-likeness (QED) is 0.614. The number of amides is 2. The van der Waals surface area contributed by atoms with Crippen molar-refractivity contribution in [2.45, 2.75) is 45.9 Å². The molecule has 0 spiro atoms. The van der Waals surface area contributed by atoms with Gasteiger partial charge in [0.2, 0.25) is 5.78 Å². The van der Waals surface area contributed by atoms with Crippen LogP contribution >= 0.6 is 0 Å². The number of hydrogen-bond acceptors (Lipinski definition) is 7. The molecule has 2 aromatic rings. The van der Waals surface area contributed by atoms with Crippen LogP contribution in [0.2, 0.25) is 0 Å². The van der Waals surface area contributed by atoms with E-state index in [9.17, 15) is 19.2 Å². The smallest absolute Gasteiger partial charge is 0.408 e. The Bertz CT molecular complexity index is 972. The van der Waals surface area contributed by atoms with Gasteiger partial charge in [-0.15, -0.1) is 0 Å². The minimum absolute atomic E-state index is 0.0638. The highest BCUT2D eigenvalue weighted by atomic mass is 16.5. The summed E-state index contributed by atoms with van der Waals surface area (Å²) in [6, 6.07) is 8.31. The molecule has 0 fully saturated rings. The number of Topliss-reactive ketones (excluding diaryl/α,β-unsaturated/α-hetero) is 2. The van der Waals surface area contributed by atoms with Gasteiger partial charge in [-0.05, 0) is 11.5 Å². The Morgan fingerprint density at radius 2 is 2.00 bits per heavy atom. The van der Waals surface area contributed by atoms with Gasteiger partial charge in [0.25, 0.3) is 5.91 Å². The molecule has 2 N–H and O–H groups in total. The maximum atomic E-state index is 13.0. The normalized spacial score (nSPS) is 17.4. The van der Waals surface area contributed by atoms with E-state index >= 15 is 0 Å². The van der Waals surface area contributed by atoms with Gasteiger partial charge in [-0.3, -0.25) is 19.1 Å². The minimum atomic E-state index is -0.917. The van der Waals surface area contributed by atoms with Crippen LogP contribution in [0.4, 0.5) is 4.79 Å².